The predicted octanol–water partition coefficient (Wildman–Crippen LogP) is 1.93. The van der Waals surface area contributed by atoms with Crippen molar-refractivity contribution >= 4 is 39.1 Å². The summed E-state index contributed by atoms with van der Waals surface area (Å²) in [4.78, 5) is 24.0. The Bertz CT molecular complexity index is 985. The first kappa shape index (κ1) is 20.3. The lowest BCUT2D eigenvalue weighted by atomic mass is 10.1. The third-order valence-electron chi connectivity index (χ3n) is 4.31. The van der Waals surface area contributed by atoms with Crippen molar-refractivity contribution in [3.63, 3.8) is 0 Å². The van der Waals surface area contributed by atoms with Gasteiger partial charge >= 0.3 is 5.97 Å². The number of anilines is 1. The zero-order valence-electron chi connectivity index (χ0n) is 15.2. The van der Waals surface area contributed by atoms with E-state index < -0.39 is 28.3 Å². The smallest absolute Gasteiger partial charge is 0.310 e. The largest absolute Gasteiger partial charge is 0.455 e. The van der Waals surface area contributed by atoms with Gasteiger partial charge in [-0.15, -0.1) is 0 Å². The molecule has 0 aliphatic carbocycles. The lowest BCUT2D eigenvalue weighted by Gasteiger charge is -2.13. The van der Waals surface area contributed by atoms with Crippen LogP contribution in [0.4, 0.5) is 5.82 Å². The van der Waals surface area contributed by atoms with E-state index in [0.29, 0.717) is 23.0 Å². The summed E-state index contributed by atoms with van der Waals surface area (Å²) < 4.78 is 29.9. The number of halogens is 1. The van der Waals surface area contributed by atoms with Crippen molar-refractivity contribution in [2.45, 2.75) is 25.8 Å². The molecule has 0 bridgehead atoms. The molecule has 2 aromatic rings. The van der Waals surface area contributed by atoms with E-state index >= 15 is 0 Å². The van der Waals surface area contributed by atoms with Gasteiger partial charge in [0.25, 0.3) is 5.91 Å². The molecule has 1 fully saturated rings. The summed E-state index contributed by atoms with van der Waals surface area (Å²) in [5.74, 6) is -0.576. The third kappa shape index (κ3) is 5.32. The molecule has 150 valence electrons. The SMILES string of the molecule is Cc1cc(NC(=O)COC(=O)Cc2ccc(Cl)cc2)n(C2CCS(=O)(=O)C2)n1. The maximum Gasteiger partial charge on any atom is 0.310 e. The standard InChI is InChI=1S/C18H20ClN3O5S/c1-12-8-16(22(21-12)15-6-7-28(25,26)11-15)20-17(23)10-27-18(24)9-13-2-4-14(19)5-3-13/h2-5,8,15H,6-7,9-11H2,1H3,(H,20,23). The van der Waals surface area contributed by atoms with Gasteiger partial charge in [0.05, 0.1) is 29.7 Å². The number of amides is 1. The number of carbonyl (C=O) groups excluding carboxylic acids is 2. The number of aryl methyl sites for hydroxylation is 1. The van der Waals surface area contributed by atoms with Crippen LogP contribution in [-0.2, 0) is 30.6 Å². The van der Waals surface area contributed by atoms with Crippen molar-refractivity contribution < 1.29 is 22.7 Å². The number of hydrogen-bond acceptors (Lipinski definition) is 6. The maximum atomic E-state index is 12.2. The zero-order valence-corrected chi connectivity index (χ0v) is 16.8. The van der Waals surface area contributed by atoms with Gasteiger partial charge < -0.3 is 10.1 Å². The highest BCUT2D eigenvalue weighted by Crippen LogP contribution is 2.27. The molecule has 8 nitrogen and oxygen atoms in total. The lowest BCUT2D eigenvalue weighted by Crippen LogP contribution is -2.24. The van der Waals surface area contributed by atoms with E-state index in [1.807, 2.05) is 0 Å². The number of nitrogens with zero attached hydrogens (tertiary/aromatic N) is 2. The number of hydrogen-bond donors (Lipinski definition) is 1. The van der Waals surface area contributed by atoms with Gasteiger partial charge in [0.1, 0.15) is 5.82 Å². The van der Waals surface area contributed by atoms with Gasteiger partial charge in [0.15, 0.2) is 16.4 Å². The van der Waals surface area contributed by atoms with Crippen molar-refractivity contribution in [2.24, 2.45) is 0 Å². The van der Waals surface area contributed by atoms with Gasteiger partial charge in [0.2, 0.25) is 0 Å². The Morgan fingerprint density at radius 2 is 2.04 bits per heavy atom. The Kier molecular flexibility index (Phi) is 6.04. The average Bonchev–Trinajstić information content (AvgIpc) is 3.16. The first-order chi connectivity index (χ1) is 13.2. The number of sulfone groups is 1. The molecular formula is C18H20ClN3O5S. The van der Waals surface area contributed by atoms with E-state index in [9.17, 15) is 18.0 Å². The minimum Gasteiger partial charge on any atom is -0.455 e. The number of carbonyl (C=O) groups is 2. The van der Waals surface area contributed by atoms with Crippen LogP contribution in [0.5, 0.6) is 0 Å². The van der Waals surface area contributed by atoms with E-state index in [0.717, 1.165) is 5.56 Å². The van der Waals surface area contributed by atoms with E-state index in [1.54, 1.807) is 37.3 Å². The summed E-state index contributed by atoms with van der Waals surface area (Å²) >= 11 is 5.80. The van der Waals surface area contributed by atoms with Crippen LogP contribution >= 0.6 is 11.6 Å². The Morgan fingerprint density at radius 3 is 2.68 bits per heavy atom. The predicted molar refractivity (Wildman–Crippen MR) is 104 cm³/mol. The molecule has 1 amide bonds. The molecule has 3 rings (SSSR count). The minimum absolute atomic E-state index is 0.00688. The second-order valence-corrected chi connectivity index (χ2v) is 9.35. The molecule has 1 saturated heterocycles. The van der Waals surface area contributed by atoms with Gasteiger partial charge in [-0.3, -0.25) is 9.59 Å². The van der Waals surface area contributed by atoms with Crippen molar-refractivity contribution in [1.82, 2.24) is 9.78 Å². The molecule has 28 heavy (non-hydrogen) atoms. The van der Waals surface area contributed by atoms with Crippen LogP contribution in [0.25, 0.3) is 0 Å². The number of rotatable bonds is 6. The van der Waals surface area contributed by atoms with E-state index in [4.69, 9.17) is 16.3 Å². The van der Waals surface area contributed by atoms with Crippen LogP contribution in [0, 0.1) is 6.92 Å². The Balaban J connectivity index is 1.55. The van der Waals surface area contributed by atoms with Crippen LogP contribution in [0.2, 0.25) is 5.02 Å². The first-order valence-corrected chi connectivity index (χ1v) is 10.9. The summed E-state index contributed by atoms with van der Waals surface area (Å²) in [5.41, 5.74) is 1.38. The fourth-order valence-corrected chi connectivity index (χ4v) is 4.82. The maximum absolute atomic E-state index is 12.2. The number of esters is 1. The van der Waals surface area contributed by atoms with Crippen LogP contribution in [0.3, 0.4) is 0 Å². The second-order valence-electron chi connectivity index (χ2n) is 6.68. The van der Waals surface area contributed by atoms with Crippen LogP contribution in [0.1, 0.15) is 23.7 Å². The fourth-order valence-electron chi connectivity index (χ4n) is 3.00. The van der Waals surface area contributed by atoms with Crippen molar-refractivity contribution in [3.8, 4) is 0 Å². The molecule has 1 aromatic heterocycles. The highest BCUT2D eigenvalue weighted by molar-refractivity contribution is 7.91. The van der Waals surface area contributed by atoms with Gasteiger partial charge in [-0.05, 0) is 31.0 Å². The Hall–Kier alpha value is -2.39. The van der Waals surface area contributed by atoms with Crippen LogP contribution in [0.15, 0.2) is 30.3 Å². The summed E-state index contributed by atoms with van der Waals surface area (Å²) in [7, 11) is -3.08. The number of benzene rings is 1. The van der Waals surface area contributed by atoms with Gasteiger partial charge in [-0.2, -0.15) is 5.10 Å². The normalized spacial score (nSPS) is 18.0. The molecule has 2 heterocycles. The minimum atomic E-state index is -3.08. The summed E-state index contributed by atoms with van der Waals surface area (Å²) in [5, 5.41) is 7.49. The number of ether oxygens (including phenoxy) is 1. The molecule has 0 radical (unpaired) electrons. The molecule has 1 atom stereocenters. The molecule has 1 aliphatic rings. The van der Waals surface area contributed by atoms with E-state index in [-0.39, 0.29) is 24.0 Å². The monoisotopic (exact) mass is 425 g/mol. The van der Waals surface area contributed by atoms with Crippen LogP contribution < -0.4 is 5.32 Å². The molecule has 1 N–H and O–H groups in total. The summed E-state index contributed by atoms with van der Waals surface area (Å²) in [6, 6.07) is 8.09. The lowest BCUT2D eigenvalue weighted by molar-refractivity contribution is -0.146. The molecule has 10 heteroatoms. The topological polar surface area (TPSA) is 107 Å². The van der Waals surface area contributed by atoms with Crippen molar-refractivity contribution in [2.75, 3.05) is 23.4 Å². The highest BCUT2D eigenvalue weighted by Gasteiger charge is 2.31. The Labute approximate surface area is 167 Å². The average molecular weight is 426 g/mol. The molecule has 0 spiro atoms. The van der Waals surface area contributed by atoms with Gasteiger partial charge in [-0.1, -0.05) is 23.7 Å². The number of aromatic nitrogens is 2. The van der Waals surface area contributed by atoms with Gasteiger partial charge in [0, 0.05) is 11.1 Å². The molecule has 1 aliphatic heterocycles. The summed E-state index contributed by atoms with van der Waals surface area (Å²) in [6.45, 7) is 1.31. The molecule has 1 unspecified atom stereocenters. The summed E-state index contributed by atoms with van der Waals surface area (Å²) in [6.07, 6.45) is 0.476. The Morgan fingerprint density at radius 1 is 1.32 bits per heavy atom. The zero-order chi connectivity index (χ0) is 20.3. The molecule has 1 aromatic carbocycles. The molecule has 0 saturated carbocycles. The highest BCUT2D eigenvalue weighted by atomic mass is 35.5. The number of nitrogens with one attached hydrogen (secondary N) is 1. The van der Waals surface area contributed by atoms with Crippen molar-refractivity contribution in [3.05, 3.63) is 46.6 Å². The fraction of sp³-hybridized carbons (Fsp3) is 0.389. The first-order valence-electron chi connectivity index (χ1n) is 8.68. The van der Waals surface area contributed by atoms with Gasteiger partial charge in [-0.25, -0.2) is 13.1 Å². The van der Waals surface area contributed by atoms with Crippen LogP contribution in [-0.4, -0.2) is 48.2 Å². The second kappa shape index (κ2) is 8.32. The van der Waals surface area contributed by atoms with E-state index in [1.165, 1.54) is 4.68 Å². The molecular weight excluding hydrogens is 406 g/mol. The third-order valence-corrected chi connectivity index (χ3v) is 6.31. The van der Waals surface area contributed by atoms with Crippen molar-refractivity contribution in [1.29, 1.82) is 0 Å². The quantitative estimate of drug-likeness (QED) is 0.708. The van der Waals surface area contributed by atoms with E-state index in [2.05, 4.69) is 10.4 Å².